The van der Waals surface area contributed by atoms with Gasteiger partial charge in [-0.05, 0) is 59.7 Å². The largest absolute Gasteiger partial charge is 0.455 e. The lowest BCUT2D eigenvalue weighted by Gasteiger charge is -2.15. The predicted molar refractivity (Wildman–Crippen MR) is 140 cm³/mol. The number of anilines is 1. The van der Waals surface area contributed by atoms with Crippen LogP contribution in [0.5, 0.6) is 11.5 Å². The number of halogens is 3. The van der Waals surface area contributed by atoms with Crippen LogP contribution >= 0.6 is 11.5 Å². The van der Waals surface area contributed by atoms with E-state index >= 15 is 0 Å². The smallest absolute Gasteiger partial charge is 0.416 e. The minimum absolute atomic E-state index is 0.0502. The molecule has 0 spiro atoms. The van der Waals surface area contributed by atoms with Gasteiger partial charge < -0.3 is 4.74 Å². The van der Waals surface area contributed by atoms with E-state index in [1.807, 2.05) is 6.07 Å². The van der Waals surface area contributed by atoms with Crippen molar-refractivity contribution in [3.8, 4) is 39.8 Å². The predicted octanol–water partition coefficient (Wildman–Crippen LogP) is 6.15. The molecule has 40 heavy (non-hydrogen) atoms. The number of nitrogens with one attached hydrogen (secondary N) is 1. The molecule has 0 aliphatic heterocycles. The van der Waals surface area contributed by atoms with Crippen LogP contribution in [0.15, 0.2) is 90.3 Å². The van der Waals surface area contributed by atoms with Gasteiger partial charge in [-0.25, -0.2) is 13.4 Å². The van der Waals surface area contributed by atoms with Crippen molar-refractivity contribution in [3.05, 3.63) is 96.6 Å². The van der Waals surface area contributed by atoms with E-state index in [9.17, 15) is 26.9 Å². The van der Waals surface area contributed by atoms with E-state index in [0.29, 0.717) is 28.0 Å². The number of hydrogen-bond donors (Lipinski definition) is 1. The Balaban J connectivity index is 1.51. The van der Waals surface area contributed by atoms with Crippen molar-refractivity contribution in [3.63, 3.8) is 0 Å². The van der Waals surface area contributed by atoms with Gasteiger partial charge >= 0.3 is 6.18 Å². The third-order valence-corrected chi connectivity index (χ3v) is 7.65. The second kappa shape index (κ2) is 10.7. The Hall–Kier alpha value is -4.87. The van der Waals surface area contributed by atoms with Crippen molar-refractivity contribution in [1.82, 2.24) is 19.6 Å². The Labute approximate surface area is 229 Å². The SMILES string of the molecule is N#Cc1cc(S(=O)(=O)Nc2ncns2)ccc1Oc1ccc(-c2ccc(C(F)(F)F)cc2)cc1-c1ccnnc1. The zero-order chi connectivity index (χ0) is 28.3. The van der Waals surface area contributed by atoms with Gasteiger partial charge in [0.1, 0.15) is 23.9 Å². The maximum absolute atomic E-state index is 13.0. The molecule has 200 valence electrons. The van der Waals surface area contributed by atoms with Gasteiger partial charge in [0.2, 0.25) is 5.13 Å². The molecule has 5 aromatic rings. The van der Waals surface area contributed by atoms with Crippen LogP contribution in [0.1, 0.15) is 11.1 Å². The monoisotopic (exact) mass is 580 g/mol. The fourth-order valence-electron chi connectivity index (χ4n) is 3.69. The summed E-state index contributed by atoms with van der Waals surface area (Å²) in [6.07, 6.45) is -0.293. The van der Waals surface area contributed by atoms with Gasteiger partial charge in [-0.1, -0.05) is 18.2 Å². The maximum Gasteiger partial charge on any atom is 0.416 e. The first-order valence-corrected chi connectivity index (χ1v) is 13.5. The lowest BCUT2D eigenvalue weighted by atomic mass is 9.98. The summed E-state index contributed by atoms with van der Waals surface area (Å²) in [6.45, 7) is 0. The van der Waals surface area contributed by atoms with Gasteiger partial charge in [0, 0.05) is 22.7 Å². The first-order chi connectivity index (χ1) is 19.1. The zero-order valence-electron chi connectivity index (χ0n) is 20.0. The summed E-state index contributed by atoms with van der Waals surface area (Å²) in [5.74, 6) is 0.380. The number of nitrogens with zero attached hydrogens (tertiary/aromatic N) is 5. The Bertz CT molecular complexity index is 1810. The van der Waals surface area contributed by atoms with Crippen LogP contribution in [0, 0.1) is 11.3 Å². The van der Waals surface area contributed by atoms with Crippen LogP contribution in [0.2, 0.25) is 0 Å². The fourth-order valence-corrected chi connectivity index (χ4v) is 5.38. The van der Waals surface area contributed by atoms with Crippen LogP contribution in [0.25, 0.3) is 22.3 Å². The Kier molecular flexibility index (Phi) is 7.16. The van der Waals surface area contributed by atoms with Gasteiger partial charge in [0.05, 0.1) is 28.4 Å². The van der Waals surface area contributed by atoms with E-state index in [1.54, 1.807) is 24.3 Å². The number of benzene rings is 3. The summed E-state index contributed by atoms with van der Waals surface area (Å²) in [5.41, 5.74) is 1.45. The summed E-state index contributed by atoms with van der Waals surface area (Å²) in [6, 6.07) is 17.1. The molecule has 0 saturated carbocycles. The molecule has 0 unspecified atom stereocenters. The molecule has 0 amide bonds. The molecule has 14 heteroatoms. The number of rotatable bonds is 7. The molecule has 1 N–H and O–H groups in total. The highest BCUT2D eigenvalue weighted by molar-refractivity contribution is 7.93. The van der Waals surface area contributed by atoms with E-state index in [0.717, 1.165) is 23.7 Å². The van der Waals surface area contributed by atoms with E-state index in [-0.39, 0.29) is 21.3 Å². The molecule has 0 aliphatic carbocycles. The molecular weight excluding hydrogens is 565 g/mol. The molecule has 0 radical (unpaired) electrons. The van der Waals surface area contributed by atoms with E-state index in [1.165, 1.54) is 49.1 Å². The lowest BCUT2D eigenvalue weighted by molar-refractivity contribution is -0.137. The minimum Gasteiger partial charge on any atom is -0.455 e. The third-order valence-electron chi connectivity index (χ3n) is 5.61. The van der Waals surface area contributed by atoms with Crippen LogP contribution in [-0.2, 0) is 16.2 Å². The minimum atomic E-state index is -4.45. The van der Waals surface area contributed by atoms with Crippen LogP contribution in [0.4, 0.5) is 18.3 Å². The molecule has 0 bridgehead atoms. The number of nitriles is 1. The second-order valence-corrected chi connectivity index (χ2v) is 10.6. The number of sulfonamides is 1. The summed E-state index contributed by atoms with van der Waals surface area (Å²) in [5, 5.41) is 17.5. The molecular formula is C26H15F3N6O3S2. The molecule has 0 fully saturated rings. The molecule has 3 aromatic carbocycles. The van der Waals surface area contributed by atoms with E-state index in [2.05, 4.69) is 24.3 Å². The van der Waals surface area contributed by atoms with E-state index < -0.39 is 21.8 Å². The Morgan fingerprint density at radius 3 is 2.30 bits per heavy atom. The van der Waals surface area contributed by atoms with Crippen LogP contribution in [-0.4, -0.2) is 28.0 Å². The maximum atomic E-state index is 13.0. The van der Waals surface area contributed by atoms with Gasteiger partial charge in [-0.2, -0.15) is 33.0 Å². The average Bonchev–Trinajstić information content (AvgIpc) is 3.46. The normalized spacial score (nSPS) is 11.6. The first-order valence-electron chi connectivity index (χ1n) is 11.2. The summed E-state index contributed by atoms with van der Waals surface area (Å²) in [7, 11) is -4.04. The summed E-state index contributed by atoms with van der Waals surface area (Å²) >= 11 is 0.859. The first kappa shape index (κ1) is 26.7. The van der Waals surface area contributed by atoms with Gasteiger partial charge in [0.25, 0.3) is 10.0 Å². The number of ether oxygens (including phenoxy) is 1. The third kappa shape index (κ3) is 5.75. The molecule has 2 aromatic heterocycles. The molecule has 0 aliphatic rings. The topological polar surface area (TPSA) is 131 Å². The van der Waals surface area contributed by atoms with E-state index in [4.69, 9.17) is 4.74 Å². The Morgan fingerprint density at radius 2 is 1.65 bits per heavy atom. The van der Waals surface area contributed by atoms with Crippen molar-refractivity contribution >= 4 is 26.7 Å². The zero-order valence-corrected chi connectivity index (χ0v) is 21.6. The van der Waals surface area contributed by atoms with Gasteiger partial charge in [-0.15, -0.1) is 0 Å². The van der Waals surface area contributed by atoms with Gasteiger partial charge in [-0.3, -0.25) is 4.72 Å². The quantitative estimate of drug-likeness (QED) is 0.243. The standard InChI is InChI=1S/C26H15F3N6O3S2/c27-26(28,29)20-4-1-16(2-5-20)17-3-7-24(22(12-17)18-9-10-32-33-14-18)38-23-8-6-21(11-19(23)13-30)40(36,37)35-25-31-15-34-39-25/h1-12,14-15H,(H,31,34,35). The number of aromatic nitrogens is 4. The second-order valence-electron chi connectivity index (χ2n) is 8.14. The summed E-state index contributed by atoms with van der Waals surface area (Å²) < 4.78 is 76.6. The lowest BCUT2D eigenvalue weighted by Crippen LogP contribution is -2.13. The van der Waals surface area contributed by atoms with Crippen molar-refractivity contribution in [2.45, 2.75) is 11.1 Å². The highest BCUT2D eigenvalue weighted by Crippen LogP contribution is 2.38. The van der Waals surface area contributed by atoms with Crippen LogP contribution in [0.3, 0.4) is 0 Å². The Morgan fingerprint density at radius 1 is 0.900 bits per heavy atom. The number of alkyl halides is 3. The van der Waals surface area contributed by atoms with Crippen molar-refractivity contribution < 1.29 is 26.3 Å². The number of hydrogen-bond acceptors (Lipinski definition) is 9. The highest BCUT2D eigenvalue weighted by Gasteiger charge is 2.30. The average molecular weight is 581 g/mol. The molecule has 5 rings (SSSR count). The molecule has 2 heterocycles. The molecule has 0 atom stereocenters. The van der Waals surface area contributed by atoms with Crippen LogP contribution < -0.4 is 9.46 Å². The fraction of sp³-hybridized carbons (Fsp3) is 0.0385. The summed E-state index contributed by atoms with van der Waals surface area (Å²) in [4.78, 5) is 3.62. The van der Waals surface area contributed by atoms with Crippen molar-refractivity contribution in [1.29, 1.82) is 5.26 Å². The van der Waals surface area contributed by atoms with Crippen molar-refractivity contribution in [2.75, 3.05) is 4.72 Å². The van der Waals surface area contributed by atoms with Crippen molar-refractivity contribution in [2.24, 2.45) is 0 Å². The molecule has 9 nitrogen and oxygen atoms in total. The van der Waals surface area contributed by atoms with Gasteiger partial charge in [0.15, 0.2) is 0 Å². The highest BCUT2D eigenvalue weighted by atomic mass is 32.2. The molecule has 0 saturated heterocycles.